The zero-order chi connectivity index (χ0) is 26.9. The molecule has 0 N–H and O–H groups in total. The van der Waals surface area contributed by atoms with Gasteiger partial charge in [0.25, 0.3) is 0 Å². The van der Waals surface area contributed by atoms with Crippen LogP contribution < -0.4 is 4.74 Å². The number of hydrogen-bond acceptors (Lipinski definition) is 1. The predicted molar refractivity (Wildman–Crippen MR) is 123 cm³/mol. The second-order valence-electron chi connectivity index (χ2n) is 8.56. The van der Waals surface area contributed by atoms with E-state index >= 15 is 0 Å². The molecule has 3 aromatic rings. The van der Waals surface area contributed by atoms with Gasteiger partial charge in [-0.2, -0.15) is 8.78 Å². The Labute approximate surface area is 207 Å². The SMILES string of the molecule is CCCc1ccc(-c2ccc(C(F)(F)Oc3ccc(C4=CC(F)=C(F)C(F)C4)c(F)c3)c(F)c2)c(F)c1. The highest BCUT2D eigenvalue weighted by Gasteiger charge is 2.38. The number of rotatable bonds is 7. The summed E-state index contributed by atoms with van der Waals surface area (Å²) in [7, 11) is 0. The minimum absolute atomic E-state index is 0.0332. The van der Waals surface area contributed by atoms with E-state index in [0.29, 0.717) is 18.6 Å². The molecule has 0 heterocycles. The van der Waals surface area contributed by atoms with E-state index in [9.17, 15) is 35.1 Å². The number of aryl methyl sites for hydroxylation is 1. The quantitative estimate of drug-likeness (QED) is 0.280. The van der Waals surface area contributed by atoms with E-state index in [1.807, 2.05) is 6.92 Å². The summed E-state index contributed by atoms with van der Waals surface area (Å²) in [6, 6.07) is 9.42. The Morgan fingerprint density at radius 2 is 1.54 bits per heavy atom. The smallest absolute Gasteiger partial charge is 0.429 e. The van der Waals surface area contributed by atoms with Crippen molar-refractivity contribution in [3.05, 3.63) is 106 Å². The Kier molecular flexibility index (Phi) is 7.43. The number of halogens is 8. The molecule has 3 aromatic carbocycles. The number of ether oxygens (including phenoxy) is 1. The van der Waals surface area contributed by atoms with Crippen LogP contribution in [-0.4, -0.2) is 6.17 Å². The molecule has 1 atom stereocenters. The van der Waals surface area contributed by atoms with Gasteiger partial charge in [-0.05, 0) is 59.5 Å². The van der Waals surface area contributed by atoms with Crippen LogP contribution in [0.4, 0.5) is 35.1 Å². The van der Waals surface area contributed by atoms with Gasteiger partial charge >= 0.3 is 6.11 Å². The summed E-state index contributed by atoms with van der Waals surface area (Å²) in [6.07, 6.45) is -5.12. The van der Waals surface area contributed by atoms with E-state index in [2.05, 4.69) is 4.74 Å². The minimum Gasteiger partial charge on any atom is -0.429 e. The maximum atomic E-state index is 14.8. The molecule has 0 bridgehead atoms. The Morgan fingerprint density at radius 1 is 0.838 bits per heavy atom. The van der Waals surface area contributed by atoms with Gasteiger partial charge in [-0.3, -0.25) is 0 Å². The molecule has 4 rings (SSSR count). The van der Waals surface area contributed by atoms with Gasteiger partial charge in [-0.25, -0.2) is 26.3 Å². The maximum Gasteiger partial charge on any atom is 0.429 e. The highest BCUT2D eigenvalue weighted by molar-refractivity contribution is 5.71. The Morgan fingerprint density at radius 3 is 2.16 bits per heavy atom. The fourth-order valence-electron chi connectivity index (χ4n) is 4.08. The molecule has 0 saturated carbocycles. The highest BCUT2D eigenvalue weighted by atomic mass is 19.3. The molecule has 9 heteroatoms. The molecule has 1 aliphatic carbocycles. The first-order valence-electron chi connectivity index (χ1n) is 11.4. The third kappa shape index (κ3) is 5.55. The molecular formula is C28H20F8O. The molecule has 0 fully saturated rings. The third-order valence-corrected chi connectivity index (χ3v) is 5.90. The summed E-state index contributed by atoms with van der Waals surface area (Å²) in [5.41, 5.74) is -0.885. The van der Waals surface area contributed by atoms with E-state index in [1.54, 1.807) is 6.07 Å². The van der Waals surface area contributed by atoms with Crippen LogP contribution in [0.25, 0.3) is 16.7 Å². The number of allylic oxidation sites excluding steroid dienone is 4. The Hall–Kier alpha value is -3.62. The minimum atomic E-state index is -4.24. The molecule has 0 radical (unpaired) electrons. The number of benzene rings is 3. The lowest BCUT2D eigenvalue weighted by atomic mass is 9.95. The lowest BCUT2D eigenvalue weighted by molar-refractivity contribution is -0.187. The first kappa shape index (κ1) is 26.4. The predicted octanol–water partition coefficient (Wildman–Crippen LogP) is 9.13. The highest BCUT2D eigenvalue weighted by Crippen LogP contribution is 2.38. The molecule has 0 amide bonds. The second-order valence-corrected chi connectivity index (χ2v) is 8.56. The van der Waals surface area contributed by atoms with Crippen LogP contribution in [0, 0.1) is 17.5 Å². The van der Waals surface area contributed by atoms with Crippen molar-refractivity contribution in [3.63, 3.8) is 0 Å². The van der Waals surface area contributed by atoms with Crippen LogP contribution in [0.2, 0.25) is 0 Å². The standard InChI is InChI=1S/C28H20F8O/c1-2-3-15-4-7-19(22(29)10-15)16-5-9-21(24(31)11-16)28(35,36)37-18-6-8-20(23(30)14-18)17-12-25(32)27(34)26(33)13-17/h4-12,14,26H,2-3,13H2,1H3. The van der Waals surface area contributed by atoms with Crippen LogP contribution in [0.5, 0.6) is 5.75 Å². The van der Waals surface area contributed by atoms with Crippen molar-refractivity contribution in [2.75, 3.05) is 0 Å². The zero-order valence-corrected chi connectivity index (χ0v) is 19.4. The van der Waals surface area contributed by atoms with Crippen LogP contribution >= 0.6 is 0 Å². The molecule has 0 saturated heterocycles. The summed E-state index contributed by atoms with van der Waals surface area (Å²) in [6.45, 7) is 1.93. The second kappa shape index (κ2) is 10.4. The van der Waals surface area contributed by atoms with Gasteiger partial charge in [-0.15, -0.1) is 0 Å². The van der Waals surface area contributed by atoms with Crippen LogP contribution in [0.15, 0.2) is 72.3 Å². The lowest BCUT2D eigenvalue weighted by Gasteiger charge is -2.20. The maximum absolute atomic E-state index is 14.8. The molecule has 0 spiro atoms. The van der Waals surface area contributed by atoms with E-state index in [4.69, 9.17) is 0 Å². The zero-order valence-electron chi connectivity index (χ0n) is 19.4. The summed E-state index contributed by atoms with van der Waals surface area (Å²) < 4.78 is 118. The van der Waals surface area contributed by atoms with Gasteiger partial charge in [0, 0.05) is 23.6 Å². The number of hydrogen-bond donors (Lipinski definition) is 0. The van der Waals surface area contributed by atoms with Crippen molar-refractivity contribution in [2.45, 2.75) is 38.5 Å². The lowest BCUT2D eigenvalue weighted by Crippen LogP contribution is -2.23. The fraction of sp³-hybridized carbons (Fsp3) is 0.214. The molecule has 194 valence electrons. The first-order chi connectivity index (χ1) is 17.5. The fourth-order valence-corrected chi connectivity index (χ4v) is 4.08. The van der Waals surface area contributed by atoms with Gasteiger partial charge in [-0.1, -0.05) is 31.5 Å². The van der Waals surface area contributed by atoms with Crippen LogP contribution in [-0.2, 0) is 12.5 Å². The molecule has 0 aromatic heterocycles. The third-order valence-electron chi connectivity index (χ3n) is 5.90. The van der Waals surface area contributed by atoms with E-state index in [0.717, 1.165) is 42.3 Å². The average molecular weight is 524 g/mol. The molecule has 1 aliphatic rings. The van der Waals surface area contributed by atoms with Crippen molar-refractivity contribution in [1.29, 1.82) is 0 Å². The normalized spacial score (nSPS) is 16.1. The van der Waals surface area contributed by atoms with E-state index in [1.165, 1.54) is 12.1 Å². The molecule has 1 unspecified atom stereocenters. The summed E-state index contributed by atoms with van der Waals surface area (Å²) in [4.78, 5) is 0. The first-order valence-corrected chi connectivity index (χ1v) is 11.4. The summed E-state index contributed by atoms with van der Waals surface area (Å²) in [5, 5.41) is 0. The summed E-state index contributed by atoms with van der Waals surface area (Å²) in [5.74, 6) is -6.93. The van der Waals surface area contributed by atoms with Crippen molar-refractivity contribution in [1.82, 2.24) is 0 Å². The van der Waals surface area contributed by atoms with Gasteiger partial charge in [0.2, 0.25) is 0 Å². The molecule has 1 nitrogen and oxygen atoms in total. The van der Waals surface area contributed by atoms with Gasteiger partial charge < -0.3 is 4.74 Å². The average Bonchev–Trinajstić information content (AvgIpc) is 2.82. The van der Waals surface area contributed by atoms with E-state index in [-0.39, 0.29) is 22.3 Å². The Balaban J connectivity index is 1.56. The van der Waals surface area contributed by atoms with Gasteiger partial charge in [0.1, 0.15) is 23.2 Å². The van der Waals surface area contributed by atoms with Crippen molar-refractivity contribution < 1.29 is 39.9 Å². The van der Waals surface area contributed by atoms with Crippen LogP contribution in [0.1, 0.15) is 36.5 Å². The molecule has 0 aliphatic heterocycles. The number of alkyl halides is 3. The molecular weight excluding hydrogens is 504 g/mol. The topological polar surface area (TPSA) is 9.23 Å². The monoisotopic (exact) mass is 524 g/mol. The van der Waals surface area contributed by atoms with Crippen molar-refractivity contribution in [2.24, 2.45) is 0 Å². The van der Waals surface area contributed by atoms with Gasteiger partial charge in [0.15, 0.2) is 17.8 Å². The largest absolute Gasteiger partial charge is 0.429 e. The van der Waals surface area contributed by atoms with E-state index < -0.39 is 59.1 Å². The summed E-state index contributed by atoms with van der Waals surface area (Å²) >= 11 is 0. The Bertz CT molecular complexity index is 1390. The van der Waals surface area contributed by atoms with Crippen molar-refractivity contribution in [3.8, 4) is 16.9 Å². The van der Waals surface area contributed by atoms with Gasteiger partial charge in [0.05, 0.1) is 5.56 Å². The van der Waals surface area contributed by atoms with Crippen LogP contribution in [0.3, 0.4) is 0 Å². The van der Waals surface area contributed by atoms with Crippen molar-refractivity contribution >= 4 is 5.57 Å². The molecule has 37 heavy (non-hydrogen) atoms.